The smallest absolute Gasteiger partial charge is 0.0408 e. The van der Waals surface area contributed by atoms with E-state index in [9.17, 15) is 0 Å². The largest absolute Gasteiger partial charge is 0.329 e. The summed E-state index contributed by atoms with van der Waals surface area (Å²) >= 11 is 5.91. The Bertz CT molecular complexity index is 286. The molecule has 1 unspecified atom stereocenters. The van der Waals surface area contributed by atoms with E-state index < -0.39 is 0 Å². The normalized spacial score (nSPS) is 13.2. The first-order chi connectivity index (χ1) is 6.63. The van der Waals surface area contributed by atoms with Crippen LogP contribution in [0.3, 0.4) is 0 Å². The SMILES string of the molecule is CN(C)C(CN)Cc1cccc(Cl)c1. The first-order valence-corrected chi connectivity index (χ1v) is 5.12. The quantitative estimate of drug-likeness (QED) is 0.825. The Morgan fingerprint density at radius 2 is 2.14 bits per heavy atom. The third-order valence-corrected chi connectivity index (χ3v) is 2.60. The molecule has 1 aromatic carbocycles. The van der Waals surface area contributed by atoms with E-state index in [0.29, 0.717) is 12.6 Å². The van der Waals surface area contributed by atoms with Crippen LogP contribution >= 0.6 is 11.6 Å². The maximum atomic E-state index is 5.91. The second-order valence-corrected chi connectivity index (χ2v) is 4.12. The lowest BCUT2D eigenvalue weighted by Crippen LogP contribution is -2.36. The van der Waals surface area contributed by atoms with Gasteiger partial charge in [-0.15, -0.1) is 0 Å². The Labute approximate surface area is 90.7 Å². The van der Waals surface area contributed by atoms with Gasteiger partial charge in [-0.25, -0.2) is 0 Å². The van der Waals surface area contributed by atoms with Crippen molar-refractivity contribution >= 4 is 11.6 Å². The van der Waals surface area contributed by atoms with Gasteiger partial charge in [-0.1, -0.05) is 23.7 Å². The lowest BCUT2D eigenvalue weighted by atomic mass is 10.1. The Balaban J connectivity index is 2.67. The maximum absolute atomic E-state index is 5.91. The fraction of sp³-hybridized carbons (Fsp3) is 0.455. The third-order valence-electron chi connectivity index (χ3n) is 2.36. The molecule has 0 bridgehead atoms. The molecule has 0 spiro atoms. The summed E-state index contributed by atoms with van der Waals surface area (Å²) in [6, 6.07) is 8.32. The number of rotatable bonds is 4. The molecule has 0 saturated carbocycles. The fourth-order valence-corrected chi connectivity index (χ4v) is 1.63. The van der Waals surface area contributed by atoms with Crippen molar-refractivity contribution in [3.8, 4) is 0 Å². The van der Waals surface area contributed by atoms with Gasteiger partial charge in [0, 0.05) is 17.6 Å². The Morgan fingerprint density at radius 1 is 1.43 bits per heavy atom. The number of nitrogens with two attached hydrogens (primary N) is 1. The zero-order chi connectivity index (χ0) is 10.6. The summed E-state index contributed by atoms with van der Waals surface area (Å²) in [5.74, 6) is 0. The van der Waals surface area contributed by atoms with Crippen LogP contribution in [-0.2, 0) is 6.42 Å². The number of halogens is 1. The molecule has 0 amide bonds. The molecule has 2 N–H and O–H groups in total. The first-order valence-electron chi connectivity index (χ1n) is 4.74. The molecule has 14 heavy (non-hydrogen) atoms. The monoisotopic (exact) mass is 212 g/mol. The van der Waals surface area contributed by atoms with Gasteiger partial charge in [-0.2, -0.15) is 0 Å². The molecule has 1 rings (SSSR count). The zero-order valence-corrected chi connectivity index (χ0v) is 9.46. The van der Waals surface area contributed by atoms with E-state index in [2.05, 4.69) is 11.0 Å². The fourth-order valence-electron chi connectivity index (χ4n) is 1.41. The van der Waals surface area contributed by atoms with Crippen molar-refractivity contribution in [2.24, 2.45) is 5.73 Å². The summed E-state index contributed by atoms with van der Waals surface area (Å²) in [5, 5.41) is 0.789. The Hall–Kier alpha value is -0.570. The zero-order valence-electron chi connectivity index (χ0n) is 8.70. The highest BCUT2D eigenvalue weighted by Crippen LogP contribution is 2.13. The molecule has 0 saturated heterocycles. The number of hydrogen-bond acceptors (Lipinski definition) is 2. The van der Waals surface area contributed by atoms with Gasteiger partial charge in [0.15, 0.2) is 0 Å². The van der Waals surface area contributed by atoms with Gasteiger partial charge >= 0.3 is 0 Å². The molecular formula is C11H17ClN2. The topological polar surface area (TPSA) is 29.3 Å². The Morgan fingerprint density at radius 3 is 2.64 bits per heavy atom. The van der Waals surface area contributed by atoms with Crippen molar-refractivity contribution in [3.63, 3.8) is 0 Å². The molecule has 78 valence electrons. The standard InChI is InChI=1S/C11H17ClN2/c1-14(2)11(8-13)7-9-4-3-5-10(12)6-9/h3-6,11H,7-8,13H2,1-2H3. The maximum Gasteiger partial charge on any atom is 0.0408 e. The lowest BCUT2D eigenvalue weighted by molar-refractivity contribution is 0.298. The van der Waals surface area contributed by atoms with Crippen molar-refractivity contribution in [2.45, 2.75) is 12.5 Å². The minimum atomic E-state index is 0.383. The summed E-state index contributed by atoms with van der Waals surface area (Å²) in [6.45, 7) is 0.666. The van der Waals surface area contributed by atoms with Gasteiger partial charge in [0.2, 0.25) is 0 Å². The van der Waals surface area contributed by atoms with Gasteiger partial charge in [0.05, 0.1) is 0 Å². The van der Waals surface area contributed by atoms with Crippen molar-refractivity contribution in [1.29, 1.82) is 0 Å². The molecule has 0 aliphatic carbocycles. The number of hydrogen-bond donors (Lipinski definition) is 1. The van der Waals surface area contributed by atoms with Crippen molar-refractivity contribution in [3.05, 3.63) is 34.9 Å². The van der Waals surface area contributed by atoms with E-state index in [0.717, 1.165) is 11.4 Å². The van der Waals surface area contributed by atoms with Gasteiger partial charge in [0.1, 0.15) is 0 Å². The van der Waals surface area contributed by atoms with Crippen LogP contribution in [0.25, 0.3) is 0 Å². The molecule has 0 heterocycles. The highest BCUT2D eigenvalue weighted by molar-refractivity contribution is 6.30. The van der Waals surface area contributed by atoms with Crippen LogP contribution in [0.15, 0.2) is 24.3 Å². The summed E-state index contributed by atoms with van der Waals surface area (Å²) in [6.07, 6.45) is 0.948. The van der Waals surface area contributed by atoms with Crippen LogP contribution in [-0.4, -0.2) is 31.6 Å². The van der Waals surface area contributed by atoms with Gasteiger partial charge in [-0.3, -0.25) is 0 Å². The number of nitrogens with zero attached hydrogens (tertiary/aromatic N) is 1. The molecule has 1 atom stereocenters. The summed E-state index contributed by atoms with van der Waals surface area (Å²) in [7, 11) is 4.09. The minimum absolute atomic E-state index is 0.383. The van der Waals surface area contributed by atoms with Gasteiger partial charge in [0.25, 0.3) is 0 Å². The predicted octanol–water partition coefficient (Wildman–Crippen LogP) is 1.77. The van der Waals surface area contributed by atoms with Crippen molar-refractivity contribution < 1.29 is 0 Å². The molecule has 0 radical (unpaired) electrons. The number of benzene rings is 1. The van der Waals surface area contributed by atoms with Crippen LogP contribution in [0, 0.1) is 0 Å². The van der Waals surface area contributed by atoms with Crippen LogP contribution in [0.5, 0.6) is 0 Å². The molecule has 2 nitrogen and oxygen atoms in total. The summed E-state index contributed by atoms with van der Waals surface area (Å²) in [4.78, 5) is 2.14. The van der Waals surface area contributed by atoms with Gasteiger partial charge < -0.3 is 10.6 Å². The van der Waals surface area contributed by atoms with E-state index in [1.807, 2.05) is 32.3 Å². The average molecular weight is 213 g/mol. The lowest BCUT2D eigenvalue weighted by Gasteiger charge is -2.22. The van der Waals surface area contributed by atoms with Crippen molar-refractivity contribution in [2.75, 3.05) is 20.6 Å². The van der Waals surface area contributed by atoms with E-state index in [1.165, 1.54) is 5.56 Å². The average Bonchev–Trinajstić information content (AvgIpc) is 2.14. The van der Waals surface area contributed by atoms with Crippen molar-refractivity contribution in [1.82, 2.24) is 4.90 Å². The van der Waals surface area contributed by atoms with Crippen LogP contribution < -0.4 is 5.73 Å². The van der Waals surface area contributed by atoms with Crippen LogP contribution in [0.2, 0.25) is 5.02 Å². The van der Waals surface area contributed by atoms with E-state index in [1.54, 1.807) is 0 Å². The molecule has 0 fully saturated rings. The molecule has 0 aliphatic rings. The second-order valence-electron chi connectivity index (χ2n) is 3.69. The second kappa shape index (κ2) is 5.35. The predicted molar refractivity (Wildman–Crippen MR) is 61.7 cm³/mol. The summed E-state index contributed by atoms with van der Waals surface area (Å²) in [5.41, 5.74) is 6.92. The molecule has 3 heteroatoms. The minimum Gasteiger partial charge on any atom is -0.329 e. The summed E-state index contributed by atoms with van der Waals surface area (Å²) < 4.78 is 0. The van der Waals surface area contributed by atoms with E-state index in [4.69, 9.17) is 17.3 Å². The first kappa shape index (κ1) is 11.5. The molecule has 0 aliphatic heterocycles. The number of likely N-dealkylation sites (N-methyl/N-ethyl adjacent to an activating group) is 1. The van der Waals surface area contributed by atoms with Crippen LogP contribution in [0.1, 0.15) is 5.56 Å². The molecular weight excluding hydrogens is 196 g/mol. The highest BCUT2D eigenvalue weighted by atomic mass is 35.5. The Kier molecular flexibility index (Phi) is 4.39. The third kappa shape index (κ3) is 3.29. The van der Waals surface area contributed by atoms with E-state index in [-0.39, 0.29) is 0 Å². The van der Waals surface area contributed by atoms with E-state index >= 15 is 0 Å². The van der Waals surface area contributed by atoms with Crippen LogP contribution in [0.4, 0.5) is 0 Å². The molecule has 1 aromatic rings. The highest BCUT2D eigenvalue weighted by Gasteiger charge is 2.09. The molecule has 0 aromatic heterocycles. The van der Waals surface area contributed by atoms with Gasteiger partial charge in [-0.05, 0) is 38.2 Å².